The number of nitrogens with two attached hydrogens (primary N) is 1. The highest BCUT2D eigenvalue weighted by Crippen LogP contribution is 2.41. The topological polar surface area (TPSA) is 72.6 Å². The molecule has 0 radical (unpaired) electrons. The van der Waals surface area contributed by atoms with E-state index in [-0.39, 0.29) is 12.0 Å². The Labute approximate surface area is 122 Å². The van der Waals surface area contributed by atoms with Gasteiger partial charge in [0.05, 0.1) is 12.7 Å². The second kappa shape index (κ2) is 5.83. The van der Waals surface area contributed by atoms with Crippen LogP contribution in [0.15, 0.2) is 0 Å². The molecular weight excluding hydrogens is 276 g/mol. The molecule has 20 heavy (non-hydrogen) atoms. The number of carbonyl (C=O) groups is 2. The molecular formula is C14H20N2O3S. The summed E-state index contributed by atoms with van der Waals surface area (Å²) in [7, 11) is 1.36. The van der Waals surface area contributed by atoms with E-state index in [0.717, 1.165) is 31.2 Å². The predicted molar refractivity (Wildman–Crippen MR) is 79.5 cm³/mol. The molecule has 0 aromatic carbocycles. The molecule has 2 rings (SSSR count). The second-order valence-corrected chi connectivity index (χ2v) is 6.27. The van der Waals surface area contributed by atoms with Crippen LogP contribution in [0.5, 0.6) is 0 Å². The maximum Gasteiger partial charge on any atom is 0.341 e. The fraction of sp³-hybridized carbons (Fsp3) is 0.571. The summed E-state index contributed by atoms with van der Waals surface area (Å²) in [5, 5.41) is 0.631. The van der Waals surface area contributed by atoms with Crippen LogP contribution < -0.4 is 10.6 Å². The highest BCUT2D eigenvalue weighted by molar-refractivity contribution is 7.17. The number of carbonyl (C=O) groups excluding carboxylic acids is 2. The molecule has 0 saturated heterocycles. The number of nitrogens with zero attached hydrogens (tertiary/aromatic N) is 1. The van der Waals surface area contributed by atoms with Gasteiger partial charge in [-0.25, -0.2) is 9.59 Å². The lowest BCUT2D eigenvalue weighted by Gasteiger charge is -2.24. The summed E-state index contributed by atoms with van der Waals surface area (Å²) in [6, 6.07) is -0.639. The maximum atomic E-state index is 12.1. The fourth-order valence-electron chi connectivity index (χ4n) is 2.62. The van der Waals surface area contributed by atoms with Gasteiger partial charge in [-0.2, -0.15) is 0 Å². The third kappa shape index (κ3) is 2.52. The van der Waals surface area contributed by atoms with E-state index in [9.17, 15) is 9.59 Å². The van der Waals surface area contributed by atoms with E-state index in [1.54, 1.807) is 0 Å². The van der Waals surface area contributed by atoms with Crippen molar-refractivity contribution < 1.29 is 14.3 Å². The summed E-state index contributed by atoms with van der Waals surface area (Å²) >= 11 is 1.49. The lowest BCUT2D eigenvalue weighted by molar-refractivity contribution is 0.0600. The molecule has 0 unspecified atom stereocenters. The molecule has 1 aromatic heterocycles. The van der Waals surface area contributed by atoms with E-state index >= 15 is 0 Å². The van der Waals surface area contributed by atoms with Crippen LogP contribution in [-0.2, 0) is 17.6 Å². The monoisotopic (exact) mass is 296 g/mol. The Balaban J connectivity index is 2.59. The van der Waals surface area contributed by atoms with Crippen LogP contribution in [0.3, 0.4) is 0 Å². The van der Waals surface area contributed by atoms with E-state index in [1.165, 1.54) is 28.2 Å². The first-order chi connectivity index (χ1) is 9.47. The first-order valence-corrected chi connectivity index (χ1v) is 7.60. The van der Waals surface area contributed by atoms with Gasteiger partial charge in [-0.05, 0) is 45.1 Å². The van der Waals surface area contributed by atoms with Gasteiger partial charge in [-0.1, -0.05) is 0 Å². The smallest absolute Gasteiger partial charge is 0.341 e. The number of anilines is 1. The Morgan fingerprint density at radius 2 is 1.95 bits per heavy atom. The van der Waals surface area contributed by atoms with Gasteiger partial charge in [-0.15, -0.1) is 11.3 Å². The van der Waals surface area contributed by atoms with Crippen LogP contribution >= 0.6 is 11.3 Å². The molecule has 6 heteroatoms. The van der Waals surface area contributed by atoms with E-state index in [2.05, 4.69) is 0 Å². The summed E-state index contributed by atoms with van der Waals surface area (Å²) < 4.78 is 4.90. The number of esters is 1. The van der Waals surface area contributed by atoms with Crippen molar-refractivity contribution >= 4 is 28.3 Å². The SMILES string of the molecule is COC(=O)c1c(N(C(N)=O)C(C)C)sc2c1CCCC2. The number of fused-ring (bicyclic) bond motifs is 1. The number of amides is 2. The molecule has 0 bridgehead atoms. The Kier molecular flexibility index (Phi) is 4.32. The Hall–Kier alpha value is -1.56. The normalized spacial score (nSPS) is 14.0. The van der Waals surface area contributed by atoms with Crippen LogP contribution in [0, 0.1) is 0 Å². The van der Waals surface area contributed by atoms with Crippen LogP contribution in [0.25, 0.3) is 0 Å². The summed E-state index contributed by atoms with van der Waals surface area (Å²) in [6.45, 7) is 3.76. The summed E-state index contributed by atoms with van der Waals surface area (Å²) in [5.74, 6) is -0.383. The van der Waals surface area contributed by atoms with Gasteiger partial charge >= 0.3 is 12.0 Å². The van der Waals surface area contributed by atoms with Crippen LogP contribution in [0.4, 0.5) is 9.80 Å². The molecule has 5 nitrogen and oxygen atoms in total. The molecule has 110 valence electrons. The number of ether oxygens (including phenoxy) is 1. The molecule has 0 atom stereocenters. The minimum absolute atomic E-state index is 0.101. The lowest BCUT2D eigenvalue weighted by atomic mass is 9.95. The second-order valence-electron chi connectivity index (χ2n) is 5.18. The molecule has 0 spiro atoms. The maximum absolute atomic E-state index is 12.1. The van der Waals surface area contributed by atoms with Gasteiger partial charge in [0.15, 0.2) is 0 Å². The van der Waals surface area contributed by atoms with Crippen molar-refractivity contribution in [2.45, 2.75) is 45.6 Å². The lowest BCUT2D eigenvalue weighted by Crippen LogP contribution is -2.41. The largest absolute Gasteiger partial charge is 0.465 e. The number of hydrogen-bond donors (Lipinski definition) is 1. The Bertz CT molecular complexity index is 537. The van der Waals surface area contributed by atoms with Crippen LogP contribution in [-0.4, -0.2) is 25.2 Å². The number of thiophene rings is 1. The quantitative estimate of drug-likeness (QED) is 0.872. The molecule has 0 aliphatic heterocycles. The molecule has 0 saturated carbocycles. The molecule has 1 aliphatic carbocycles. The van der Waals surface area contributed by atoms with Crippen molar-refractivity contribution in [3.63, 3.8) is 0 Å². The van der Waals surface area contributed by atoms with E-state index < -0.39 is 6.03 Å². The fourth-order valence-corrected chi connectivity index (χ4v) is 4.14. The van der Waals surface area contributed by atoms with Crippen molar-refractivity contribution in [2.24, 2.45) is 5.73 Å². The zero-order valence-electron chi connectivity index (χ0n) is 12.1. The molecule has 2 N–H and O–H groups in total. The van der Waals surface area contributed by atoms with Crippen LogP contribution in [0.1, 0.15) is 47.5 Å². The number of urea groups is 1. The van der Waals surface area contributed by atoms with Gasteiger partial charge < -0.3 is 10.5 Å². The van der Waals surface area contributed by atoms with E-state index in [0.29, 0.717) is 10.6 Å². The van der Waals surface area contributed by atoms with Crippen molar-refractivity contribution in [2.75, 3.05) is 12.0 Å². The van der Waals surface area contributed by atoms with Gasteiger partial charge in [0.25, 0.3) is 0 Å². The van der Waals surface area contributed by atoms with Crippen molar-refractivity contribution in [3.8, 4) is 0 Å². The average molecular weight is 296 g/mol. The summed E-state index contributed by atoms with van der Waals surface area (Å²) in [4.78, 5) is 26.5. The van der Waals surface area contributed by atoms with Crippen molar-refractivity contribution in [1.82, 2.24) is 0 Å². The Morgan fingerprint density at radius 3 is 2.50 bits per heavy atom. The predicted octanol–water partition coefficient (Wildman–Crippen LogP) is 2.71. The van der Waals surface area contributed by atoms with Gasteiger partial charge in [0.2, 0.25) is 0 Å². The molecule has 1 aliphatic rings. The minimum atomic E-state index is -0.538. The standard InChI is InChI=1S/C14H20N2O3S/c1-8(2)16(14(15)18)12-11(13(17)19-3)9-6-4-5-7-10(9)20-12/h8H,4-7H2,1-3H3,(H2,15,18). The summed E-state index contributed by atoms with van der Waals surface area (Å²) in [6.07, 6.45) is 3.99. The minimum Gasteiger partial charge on any atom is -0.465 e. The third-order valence-electron chi connectivity index (χ3n) is 3.51. The van der Waals surface area contributed by atoms with Crippen molar-refractivity contribution in [1.29, 1.82) is 0 Å². The number of aryl methyl sites for hydroxylation is 1. The first kappa shape index (κ1) is 14.8. The highest BCUT2D eigenvalue weighted by Gasteiger charge is 2.31. The molecule has 0 fully saturated rings. The van der Waals surface area contributed by atoms with Gasteiger partial charge in [-0.3, -0.25) is 4.90 Å². The zero-order valence-corrected chi connectivity index (χ0v) is 12.9. The van der Waals surface area contributed by atoms with E-state index in [4.69, 9.17) is 10.5 Å². The highest BCUT2D eigenvalue weighted by atomic mass is 32.1. The molecule has 1 heterocycles. The molecule has 2 amide bonds. The van der Waals surface area contributed by atoms with Gasteiger partial charge in [0.1, 0.15) is 5.00 Å². The third-order valence-corrected chi connectivity index (χ3v) is 4.81. The number of methoxy groups -OCH3 is 1. The average Bonchev–Trinajstić information content (AvgIpc) is 2.75. The number of hydrogen-bond acceptors (Lipinski definition) is 4. The summed E-state index contributed by atoms with van der Waals surface area (Å²) in [5.41, 5.74) is 7.04. The van der Waals surface area contributed by atoms with Crippen molar-refractivity contribution in [3.05, 3.63) is 16.0 Å². The molecule has 1 aromatic rings. The first-order valence-electron chi connectivity index (χ1n) is 6.78. The number of rotatable bonds is 3. The number of primary amides is 1. The van der Waals surface area contributed by atoms with Gasteiger partial charge in [0, 0.05) is 10.9 Å². The van der Waals surface area contributed by atoms with E-state index in [1.807, 2.05) is 13.8 Å². The Morgan fingerprint density at radius 1 is 1.30 bits per heavy atom. The van der Waals surface area contributed by atoms with Crippen LogP contribution in [0.2, 0.25) is 0 Å². The zero-order chi connectivity index (χ0) is 14.9.